The van der Waals surface area contributed by atoms with Gasteiger partial charge in [-0.15, -0.1) is 0 Å². The zero-order valence-corrected chi connectivity index (χ0v) is 41.2. The number of rotatable bonds is 5. The van der Waals surface area contributed by atoms with E-state index in [1.54, 1.807) is 5.57 Å². The van der Waals surface area contributed by atoms with Crippen LogP contribution in [0.3, 0.4) is 0 Å². The lowest BCUT2D eigenvalue weighted by atomic mass is 9.28. The number of hydrogen-bond acceptors (Lipinski definition) is 3. The topological polar surface area (TPSA) is 9.72 Å². The summed E-state index contributed by atoms with van der Waals surface area (Å²) >= 11 is 0. The molecule has 0 N–H and O–H groups in total. The van der Waals surface area contributed by atoms with Gasteiger partial charge in [0.25, 0.3) is 6.71 Å². The molecule has 4 heterocycles. The van der Waals surface area contributed by atoms with Crippen molar-refractivity contribution in [2.45, 2.75) is 114 Å². The first kappa shape index (κ1) is 40.6. The van der Waals surface area contributed by atoms with Gasteiger partial charge >= 0.3 is 0 Å². The molecular weight excluding hydrogens is 834 g/mol. The predicted octanol–water partition coefficient (Wildman–Crippen LogP) is 13.9. The van der Waals surface area contributed by atoms with Gasteiger partial charge < -0.3 is 14.7 Å². The van der Waals surface area contributed by atoms with Crippen LogP contribution in [0.25, 0.3) is 0 Å². The fourth-order valence-corrected chi connectivity index (χ4v) is 16.6. The molecule has 0 bridgehead atoms. The second kappa shape index (κ2) is 13.5. The maximum Gasteiger partial charge on any atom is 0.252 e. The van der Waals surface area contributed by atoms with E-state index in [9.17, 15) is 0 Å². The van der Waals surface area contributed by atoms with Gasteiger partial charge in [-0.1, -0.05) is 167 Å². The molecule has 3 fully saturated rings. The van der Waals surface area contributed by atoms with Crippen LogP contribution >= 0.6 is 0 Å². The summed E-state index contributed by atoms with van der Waals surface area (Å²) in [4.78, 5) is 8.46. The first-order valence-corrected chi connectivity index (χ1v) is 26.3. The van der Waals surface area contributed by atoms with Gasteiger partial charge in [0, 0.05) is 45.2 Å². The van der Waals surface area contributed by atoms with Crippen LogP contribution in [0, 0.1) is 17.8 Å². The summed E-state index contributed by atoms with van der Waals surface area (Å²) in [7, 11) is 0. The molecule has 340 valence electrons. The Morgan fingerprint density at radius 2 is 1.17 bits per heavy atom. The third-order valence-electron chi connectivity index (χ3n) is 19.8. The van der Waals surface area contributed by atoms with E-state index in [1.807, 2.05) is 0 Å². The molecule has 4 aliphatic carbocycles. The lowest BCUT2D eigenvalue weighted by molar-refractivity contribution is 0.00878. The Morgan fingerprint density at radius 3 is 1.84 bits per heavy atom. The normalized spacial score (nSPS) is 27.9. The smallest absolute Gasteiger partial charge is 0.252 e. The van der Waals surface area contributed by atoms with Crippen LogP contribution in [0.5, 0.6) is 0 Å². The summed E-state index contributed by atoms with van der Waals surface area (Å²) in [6.07, 6.45) is 11.5. The minimum Gasteiger partial charge on any atom is -0.334 e. The first-order chi connectivity index (χ1) is 33.4. The molecule has 8 aliphatic rings. The molecule has 4 heteroatoms. The summed E-state index contributed by atoms with van der Waals surface area (Å²) in [5.74, 6) is 2.45. The van der Waals surface area contributed by atoms with E-state index < -0.39 is 5.41 Å². The lowest BCUT2D eigenvalue weighted by Crippen LogP contribution is -2.70. The molecule has 7 aromatic carbocycles. The minimum absolute atomic E-state index is 0.0120. The molecule has 0 amide bonds. The second-order valence-electron chi connectivity index (χ2n) is 24.2. The van der Waals surface area contributed by atoms with Crippen molar-refractivity contribution in [3.05, 3.63) is 203 Å². The molecule has 0 aromatic heterocycles. The molecule has 3 saturated carbocycles. The van der Waals surface area contributed by atoms with E-state index in [1.165, 1.54) is 128 Å². The molecule has 15 rings (SSSR count). The molecule has 0 saturated heterocycles. The van der Waals surface area contributed by atoms with Crippen LogP contribution in [0.1, 0.15) is 120 Å². The summed E-state index contributed by atoms with van der Waals surface area (Å²) in [5, 5.41) is 0. The Balaban J connectivity index is 1.08. The van der Waals surface area contributed by atoms with E-state index in [2.05, 4.69) is 220 Å². The SMILES string of the molecule is CC(C)(C)c1ccc2c(c1)C1(C)CCCCC1(C)N2c1cc2c3c(c1)N(C1(C)C=C4CC5CC(C1)C45)c1cccc4c1B3c1c(cccc1C4(c1ccccc1)c1ccccc1)N2c1ccccc1. The summed E-state index contributed by atoms with van der Waals surface area (Å²) < 4.78 is 0. The highest BCUT2D eigenvalue weighted by Gasteiger charge is 2.62. The molecule has 6 unspecified atom stereocenters. The molecule has 6 atom stereocenters. The maximum absolute atomic E-state index is 2.92. The summed E-state index contributed by atoms with van der Waals surface area (Å²) in [6.45, 7) is 15.0. The Labute approximate surface area is 410 Å². The highest BCUT2D eigenvalue weighted by Crippen LogP contribution is 2.66. The van der Waals surface area contributed by atoms with Crippen molar-refractivity contribution < 1.29 is 0 Å². The van der Waals surface area contributed by atoms with Crippen molar-refractivity contribution in [1.82, 2.24) is 0 Å². The van der Waals surface area contributed by atoms with Crippen molar-refractivity contribution in [3.8, 4) is 0 Å². The number of nitrogens with zero attached hydrogens (tertiary/aromatic N) is 3. The lowest BCUT2D eigenvalue weighted by Gasteiger charge is -2.63. The zero-order valence-electron chi connectivity index (χ0n) is 41.2. The number of benzene rings is 7. The van der Waals surface area contributed by atoms with Gasteiger partial charge in [-0.2, -0.15) is 0 Å². The Hall–Kier alpha value is -6.26. The number of anilines is 7. The van der Waals surface area contributed by atoms with E-state index in [0.29, 0.717) is 0 Å². The van der Waals surface area contributed by atoms with Gasteiger partial charge in [0.15, 0.2) is 0 Å². The van der Waals surface area contributed by atoms with Crippen molar-refractivity contribution in [3.63, 3.8) is 0 Å². The Bertz CT molecular complexity index is 3310. The predicted molar refractivity (Wildman–Crippen MR) is 289 cm³/mol. The maximum atomic E-state index is 2.92. The number of fused-ring (bicyclic) bond motifs is 3. The fraction of sp³-hybridized carbons (Fsp3) is 0.323. The quantitative estimate of drug-likeness (QED) is 0.126. The Morgan fingerprint density at radius 1 is 0.536 bits per heavy atom. The molecule has 4 aliphatic heterocycles. The number of allylic oxidation sites excluding steroid dienone is 1. The second-order valence-corrected chi connectivity index (χ2v) is 24.2. The molecular formula is C65H62BN3. The van der Waals surface area contributed by atoms with Crippen molar-refractivity contribution in [2.24, 2.45) is 17.8 Å². The standard InChI is InChI=1S/C65H62BN3/c1-61(2,3)46-30-31-52-51(36-46)63(5)32-16-17-33-64(63,6)68(52)48-37-55-60-56(38-48)69(62(4)39-42-34-41-35-43(40-62)57(41)42)54-29-19-27-50-59(54)66(60)58-49(26-18-28-53(58)67(55)47-24-14-9-15-25-47)65(50,44-20-10-7-11-21-44)45-22-12-8-13-23-45/h7-15,18-31,36-39,41,43,57H,16-17,32-35,40H2,1-6H3. The third kappa shape index (κ3) is 4.96. The third-order valence-corrected chi connectivity index (χ3v) is 19.8. The van der Waals surface area contributed by atoms with Crippen LogP contribution in [-0.4, -0.2) is 17.8 Å². The van der Waals surface area contributed by atoms with Gasteiger partial charge in [0.2, 0.25) is 0 Å². The average Bonchev–Trinajstić information content (AvgIpc) is 3.55. The van der Waals surface area contributed by atoms with Crippen molar-refractivity contribution in [2.75, 3.05) is 14.7 Å². The van der Waals surface area contributed by atoms with Gasteiger partial charge in [0.05, 0.1) is 16.5 Å². The van der Waals surface area contributed by atoms with E-state index in [0.717, 1.165) is 24.2 Å². The van der Waals surface area contributed by atoms with Crippen LogP contribution in [0.2, 0.25) is 0 Å². The van der Waals surface area contributed by atoms with Gasteiger partial charge in [-0.05, 0) is 161 Å². The molecule has 0 spiro atoms. The number of hydrogen-bond donors (Lipinski definition) is 0. The molecule has 69 heavy (non-hydrogen) atoms. The van der Waals surface area contributed by atoms with E-state index >= 15 is 0 Å². The first-order valence-electron chi connectivity index (χ1n) is 26.3. The van der Waals surface area contributed by atoms with Crippen LogP contribution in [0.15, 0.2) is 169 Å². The van der Waals surface area contributed by atoms with Gasteiger partial charge in [0.1, 0.15) is 0 Å². The van der Waals surface area contributed by atoms with E-state index in [-0.39, 0.29) is 28.6 Å². The monoisotopic (exact) mass is 896 g/mol. The average molecular weight is 896 g/mol. The largest absolute Gasteiger partial charge is 0.334 e. The van der Waals surface area contributed by atoms with Crippen LogP contribution < -0.4 is 31.1 Å². The highest BCUT2D eigenvalue weighted by molar-refractivity contribution is 7.01. The number of para-hydroxylation sites is 1. The van der Waals surface area contributed by atoms with Crippen molar-refractivity contribution >= 4 is 62.9 Å². The molecule has 0 radical (unpaired) electrons. The minimum atomic E-state index is -0.546. The van der Waals surface area contributed by atoms with Gasteiger partial charge in [-0.25, -0.2) is 0 Å². The molecule has 3 nitrogen and oxygen atoms in total. The van der Waals surface area contributed by atoms with Gasteiger partial charge in [-0.3, -0.25) is 0 Å². The zero-order chi connectivity index (χ0) is 46.4. The van der Waals surface area contributed by atoms with Crippen LogP contribution in [0.4, 0.5) is 39.8 Å². The Kier molecular flexibility index (Phi) is 7.97. The fourth-order valence-electron chi connectivity index (χ4n) is 16.6. The summed E-state index contributed by atoms with van der Waals surface area (Å²) in [5.41, 5.74) is 23.0. The van der Waals surface area contributed by atoms with Crippen LogP contribution in [-0.2, 0) is 16.2 Å². The van der Waals surface area contributed by atoms with Crippen molar-refractivity contribution in [1.29, 1.82) is 0 Å². The summed E-state index contributed by atoms with van der Waals surface area (Å²) in [6, 6.07) is 61.9. The highest BCUT2D eigenvalue weighted by atomic mass is 15.3. The molecule has 7 aromatic rings. The van der Waals surface area contributed by atoms with E-state index in [4.69, 9.17) is 0 Å².